The van der Waals surface area contributed by atoms with Crippen molar-refractivity contribution in [2.75, 3.05) is 18.4 Å². The normalized spacial score (nSPS) is 17.3. The Kier molecular flexibility index (Phi) is 5.43. The minimum Gasteiger partial charge on any atom is -0.327 e. The first-order valence-corrected chi connectivity index (χ1v) is 11.2. The first kappa shape index (κ1) is 19.8. The highest BCUT2D eigenvalue weighted by atomic mass is 16.1. The molecule has 5 heteroatoms. The summed E-state index contributed by atoms with van der Waals surface area (Å²) in [5.41, 5.74) is 3.12. The van der Waals surface area contributed by atoms with Crippen molar-refractivity contribution in [1.82, 2.24) is 14.5 Å². The van der Waals surface area contributed by atoms with E-state index in [0.717, 1.165) is 66.8 Å². The van der Waals surface area contributed by atoms with Gasteiger partial charge in [0.25, 0.3) is 0 Å². The third kappa shape index (κ3) is 3.93. The van der Waals surface area contributed by atoms with E-state index in [1.165, 1.54) is 5.52 Å². The number of rotatable bonds is 5. The Balaban J connectivity index is 1.31. The monoisotopic (exact) mass is 412 g/mol. The summed E-state index contributed by atoms with van der Waals surface area (Å²) in [6.45, 7) is 5.61. The van der Waals surface area contributed by atoms with Crippen molar-refractivity contribution in [1.29, 1.82) is 0 Å². The van der Waals surface area contributed by atoms with Crippen molar-refractivity contribution in [3.8, 4) is 0 Å². The molecule has 4 aromatic rings. The quantitative estimate of drug-likeness (QED) is 0.498. The van der Waals surface area contributed by atoms with Crippen LogP contribution in [0.25, 0.3) is 21.8 Å². The Hall–Kier alpha value is -3.18. The molecule has 1 N–H and O–H groups in total. The van der Waals surface area contributed by atoms with Crippen LogP contribution in [0.2, 0.25) is 0 Å². The topological polar surface area (TPSA) is 50.2 Å². The highest BCUT2D eigenvalue weighted by molar-refractivity contribution is 6.02. The molecule has 0 spiro atoms. The molecule has 31 heavy (non-hydrogen) atoms. The molecule has 1 atom stereocenters. The zero-order valence-corrected chi connectivity index (χ0v) is 17.9. The number of nitrogens with zero attached hydrogens (tertiary/aromatic N) is 3. The van der Waals surface area contributed by atoms with E-state index in [1.807, 2.05) is 30.3 Å². The maximum Gasteiger partial charge on any atom is 0.228 e. The van der Waals surface area contributed by atoms with Crippen molar-refractivity contribution in [3.63, 3.8) is 0 Å². The van der Waals surface area contributed by atoms with Gasteiger partial charge in [0.2, 0.25) is 5.91 Å². The molecule has 0 bridgehead atoms. The van der Waals surface area contributed by atoms with Crippen LogP contribution in [0.4, 0.5) is 5.69 Å². The van der Waals surface area contributed by atoms with Crippen LogP contribution in [0.15, 0.2) is 66.7 Å². The van der Waals surface area contributed by atoms with Gasteiger partial charge in [-0.05, 0) is 49.9 Å². The molecule has 1 fully saturated rings. The summed E-state index contributed by atoms with van der Waals surface area (Å²) in [7, 11) is 0. The third-order valence-electron chi connectivity index (χ3n) is 6.34. The fourth-order valence-electron chi connectivity index (χ4n) is 4.78. The summed E-state index contributed by atoms with van der Waals surface area (Å²) in [4.78, 5) is 20.4. The lowest BCUT2D eigenvalue weighted by molar-refractivity contribution is -0.121. The van der Waals surface area contributed by atoms with Crippen LogP contribution in [0.5, 0.6) is 0 Å². The molecule has 1 aliphatic rings. The number of aryl methyl sites for hydroxylation is 1. The van der Waals surface area contributed by atoms with Gasteiger partial charge in [0.1, 0.15) is 5.82 Å². The van der Waals surface area contributed by atoms with Gasteiger partial charge in [-0.15, -0.1) is 0 Å². The summed E-state index contributed by atoms with van der Waals surface area (Å²) >= 11 is 0. The average molecular weight is 413 g/mol. The van der Waals surface area contributed by atoms with Crippen LogP contribution in [0.1, 0.15) is 25.6 Å². The van der Waals surface area contributed by atoms with E-state index in [2.05, 4.69) is 58.1 Å². The van der Waals surface area contributed by atoms with E-state index in [9.17, 15) is 4.79 Å². The lowest BCUT2D eigenvalue weighted by Gasteiger charge is -2.31. The standard InChI is InChI=1S/C26H28N4O/c1-2-30-24-15-6-5-13-23(24)27-25(30)18-29-16-8-11-20(17-29)26(31)28-22-14-7-10-19-9-3-4-12-21(19)22/h3-7,9-10,12-15,20H,2,8,11,16-18H2,1H3,(H,28,31)/t20-/m0/s1. The summed E-state index contributed by atoms with van der Waals surface area (Å²) in [5, 5.41) is 5.43. The number of benzene rings is 3. The molecule has 0 saturated carbocycles. The van der Waals surface area contributed by atoms with Crippen LogP contribution >= 0.6 is 0 Å². The SMILES string of the molecule is CCn1c(CN2CCC[C@H](C(=O)Nc3cccc4ccccc34)C2)nc2ccccc21. The van der Waals surface area contributed by atoms with Crippen molar-refractivity contribution in [3.05, 3.63) is 72.6 Å². The molecule has 0 unspecified atom stereocenters. The lowest BCUT2D eigenvalue weighted by Crippen LogP contribution is -2.40. The Morgan fingerprint density at radius 1 is 1.06 bits per heavy atom. The Labute approximate surface area is 182 Å². The first-order chi connectivity index (χ1) is 15.2. The molecule has 5 nitrogen and oxygen atoms in total. The average Bonchev–Trinajstić information content (AvgIpc) is 3.16. The van der Waals surface area contributed by atoms with Gasteiger partial charge in [-0.1, -0.05) is 48.5 Å². The molecule has 1 saturated heterocycles. The number of aromatic nitrogens is 2. The van der Waals surface area contributed by atoms with Crippen molar-refractivity contribution in [2.45, 2.75) is 32.9 Å². The van der Waals surface area contributed by atoms with Gasteiger partial charge in [0.05, 0.1) is 23.5 Å². The molecular formula is C26H28N4O. The predicted octanol–water partition coefficient (Wildman–Crippen LogP) is 5.06. The van der Waals surface area contributed by atoms with Gasteiger partial charge in [0, 0.05) is 24.2 Å². The molecule has 2 heterocycles. The van der Waals surface area contributed by atoms with Crippen molar-refractivity contribution < 1.29 is 4.79 Å². The summed E-state index contributed by atoms with van der Waals surface area (Å²) in [5.74, 6) is 1.19. The van der Waals surface area contributed by atoms with Gasteiger partial charge in [0.15, 0.2) is 0 Å². The predicted molar refractivity (Wildman–Crippen MR) is 126 cm³/mol. The fraction of sp³-hybridized carbons (Fsp3) is 0.308. The number of likely N-dealkylation sites (tertiary alicyclic amines) is 1. The molecule has 0 aliphatic carbocycles. The van der Waals surface area contributed by atoms with Crippen LogP contribution < -0.4 is 5.32 Å². The summed E-state index contributed by atoms with van der Waals surface area (Å²) < 4.78 is 2.29. The number of amides is 1. The molecule has 3 aromatic carbocycles. The fourth-order valence-corrected chi connectivity index (χ4v) is 4.78. The molecule has 1 aromatic heterocycles. The molecule has 5 rings (SSSR count). The molecular weight excluding hydrogens is 384 g/mol. The number of piperidine rings is 1. The smallest absolute Gasteiger partial charge is 0.228 e. The highest BCUT2D eigenvalue weighted by Gasteiger charge is 2.27. The van der Waals surface area contributed by atoms with E-state index in [1.54, 1.807) is 0 Å². The third-order valence-corrected chi connectivity index (χ3v) is 6.34. The maximum absolute atomic E-state index is 13.1. The number of carbonyl (C=O) groups is 1. The second-order valence-corrected chi connectivity index (χ2v) is 8.35. The zero-order valence-electron chi connectivity index (χ0n) is 17.9. The van der Waals surface area contributed by atoms with E-state index in [-0.39, 0.29) is 11.8 Å². The van der Waals surface area contributed by atoms with Crippen molar-refractivity contribution in [2.24, 2.45) is 5.92 Å². The summed E-state index contributed by atoms with van der Waals surface area (Å²) in [6.07, 6.45) is 1.96. The minimum atomic E-state index is -0.00725. The van der Waals surface area contributed by atoms with Gasteiger partial charge in [-0.2, -0.15) is 0 Å². The summed E-state index contributed by atoms with van der Waals surface area (Å²) in [6, 6.07) is 22.5. The second-order valence-electron chi connectivity index (χ2n) is 8.35. The number of para-hydroxylation sites is 2. The Morgan fingerprint density at radius 3 is 2.77 bits per heavy atom. The molecule has 1 amide bonds. The number of fused-ring (bicyclic) bond motifs is 2. The Morgan fingerprint density at radius 2 is 1.87 bits per heavy atom. The van der Waals surface area contributed by atoms with Gasteiger partial charge < -0.3 is 9.88 Å². The van der Waals surface area contributed by atoms with Crippen LogP contribution in [-0.4, -0.2) is 33.4 Å². The number of carbonyl (C=O) groups excluding carboxylic acids is 1. The lowest BCUT2D eigenvalue weighted by atomic mass is 9.96. The number of anilines is 1. The van der Waals surface area contributed by atoms with E-state index in [4.69, 9.17) is 4.98 Å². The van der Waals surface area contributed by atoms with Gasteiger partial charge in [-0.25, -0.2) is 4.98 Å². The minimum absolute atomic E-state index is 0.00725. The van der Waals surface area contributed by atoms with Crippen LogP contribution in [0.3, 0.4) is 0 Å². The van der Waals surface area contributed by atoms with Gasteiger partial charge >= 0.3 is 0 Å². The highest BCUT2D eigenvalue weighted by Crippen LogP contribution is 2.26. The van der Waals surface area contributed by atoms with E-state index >= 15 is 0 Å². The number of hydrogen-bond donors (Lipinski definition) is 1. The second kappa shape index (κ2) is 8.52. The molecule has 0 radical (unpaired) electrons. The number of hydrogen-bond acceptors (Lipinski definition) is 3. The number of imidazole rings is 1. The molecule has 158 valence electrons. The van der Waals surface area contributed by atoms with E-state index < -0.39 is 0 Å². The van der Waals surface area contributed by atoms with Crippen molar-refractivity contribution >= 4 is 33.4 Å². The maximum atomic E-state index is 13.1. The zero-order chi connectivity index (χ0) is 21.2. The van der Waals surface area contributed by atoms with Crippen LogP contribution in [-0.2, 0) is 17.9 Å². The largest absolute Gasteiger partial charge is 0.327 e. The van der Waals surface area contributed by atoms with Crippen LogP contribution in [0, 0.1) is 5.92 Å². The molecule has 1 aliphatic heterocycles. The van der Waals surface area contributed by atoms with E-state index in [0.29, 0.717) is 0 Å². The number of nitrogens with one attached hydrogen (secondary N) is 1. The van der Waals surface area contributed by atoms with Gasteiger partial charge in [-0.3, -0.25) is 9.69 Å². The first-order valence-electron chi connectivity index (χ1n) is 11.2. The Bertz CT molecular complexity index is 1220.